The summed E-state index contributed by atoms with van der Waals surface area (Å²) in [6, 6.07) is 12.6. The van der Waals surface area contributed by atoms with E-state index >= 15 is 0 Å². The van der Waals surface area contributed by atoms with E-state index in [2.05, 4.69) is 10.2 Å². The molecule has 32 heavy (non-hydrogen) atoms. The lowest BCUT2D eigenvalue weighted by molar-refractivity contribution is -0.132. The zero-order chi connectivity index (χ0) is 23.1. The quantitative estimate of drug-likeness (QED) is 0.654. The summed E-state index contributed by atoms with van der Waals surface area (Å²) in [5.41, 5.74) is 2.77. The Balaban J connectivity index is 1.40. The van der Waals surface area contributed by atoms with Crippen molar-refractivity contribution in [1.29, 1.82) is 0 Å². The Morgan fingerprint density at radius 3 is 2.44 bits per heavy atom. The molecule has 0 aliphatic carbocycles. The molecule has 0 spiro atoms. The van der Waals surface area contributed by atoms with Crippen molar-refractivity contribution in [3.05, 3.63) is 59.4 Å². The van der Waals surface area contributed by atoms with Gasteiger partial charge in [0.2, 0.25) is 11.8 Å². The van der Waals surface area contributed by atoms with Crippen LogP contribution >= 0.6 is 11.8 Å². The fourth-order valence-electron chi connectivity index (χ4n) is 3.56. The van der Waals surface area contributed by atoms with Crippen LogP contribution in [0.4, 0.5) is 10.1 Å². The maximum Gasteiger partial charge on any atom is 0.235 e. The molecule has 2 aromatic carbocycles. The number of halogens is 1. The average Bonchev–Trinajstić information content (AvgIpc) is 2.79. The number of carbonyl (C=O) groups is 2. The van der Waals surface area contributed by atoms with Crippen molar-refractivity contribution in [2.24, 2.45) is 0 Å². The third-order valence-electron chi connectivity index (χ3n) is 5.45. The van der Waals surface area contributed by atoms with Crippen molar-refractivity contribution < 1.29 is 18.7 Å². The number of nitrogens with one attached hydrogen (secondary N) is 1. The summed E-state index contributed by atoms with van der Waals surface area (Å²) in [5.74, 6) is 0.0339. The van der Waals surface area contributed by atoms with Crippen LogP contribution in [0.3, 0.4) is 0 Å². The first-order valence-corrected chi connectivity index (χ1v) is 11.7. The van der Waals surface area contributed by atoms with Crippen LogP contribution in [0.2, 0.25) is 0 Å². The van der Waals surface area contributed by atoms with E-state index < -0.39 is 0 Å². The number of carbonyl (C=O) groups excluding carboxylic acids is 2. The lowest BCUT2D eigenvalue weighted by atomic mass is 10.1. The van der Waals surface area contributed by atoms with Gasteiger partial charge in [-0.25, -0.2) is 4.39 Å². The third kappa shape index (κ3) is 6.71. The molecule has 1 aliphatic heterocycles. The number of methoxy groups -OCH3 is 1. The number of amides is 2. The van der Waals surface area contributed by atoms with Gasteiger partial charge in [0.1, 0.15) is 0 Å². The average molecular weight is 460 g/mol. The van der Waals surface area contributed by atoms with Crippen LogP contribution in [0.1, 0.15) is 18.1 Å². The van der Waals surface area contributed by atoms with E-state index in [0.717, 1.165) is 29.9 Å². The topological polar surface area (TPSA) is 61.9 Å². The Hall–Kier alpha value is -2.58. The smallest absolute Gasteiger partial charge is 0.235 e. The molecular formula is C24H30FN3O3S. The highest BCUT2D eigenvalue weighted by molar-refractivity contribution is 8.01. The van der Waals surface area contributed by atoms with Gasteiger partial charge in [-0.3, -0.25) is 14.5 Å². The highest BCUT2D eigenvalue weighted by atomic mass is 32.2. The van der Waals surface area contributed by atoms with Crippen LogP contribution in [0.5, 0.6) is 5.75 Å². The summed E-state index contributed by atoms with van der Waals surface area (Å²) >= 11 is 1.35. The highest BCUT2D eigenvalue weighted by Gasteiger charge is 2.25. The van der Waals surface area contributed by atoms with Crippen molar-refractivity contribution >= 4 is 29.3 Å². The summed E-state index contributed by atoms with van der Waals surface area (Å²) in [6.45, 7) is 7.17. The Bertz CT molecular complexity index is 931. The van der Waals surface area contributed by atoms with Crippen LogP contribution < -0.4 is 10.1 Å². The van der Waals surface area contributed by atoms with Gasteiger partial charge in [-0.1, -0.05) is 23.8 Å². The van der Waals surface area contributed by atoms with E-state index in [1.165, 1.54) is 24.9 Å². The molecule has 1 saturated heterocycles. The first-order valence-electron chi connectivity index (χ1n) is 10.7. The monoisotopic (exact) mass is 459 g/mol. The van der Waals surface area contributed by atoms with E-state index in [0.29, 0.717) is 19.6 Å². The van der Waals surface area contributed by atoms with Crippen LogP contribution in [0, 0.1) is 12.7 Å². The standard InChI is InChI=1S/C24H30FN3O3S/c1-17-4-7-20(8-5-17)26-23(29)16-32-18(2)24(30)28-12-10-27(11-13-28)15-19-6-9-22(31-3)21(25)14-19/h4-9,14,18H,10-13,15-16H2,1-3H3,(H,26,29). The Kier molecular flexibility index (Phi) is 8.53. The molecule has 1 aliphatic rings. The van der Waals surface area contributed by atoms with Crippen LogP contribution in [-0.2, 0) is 16.1 Å². The van der Waals surface area contributed by atoms with Gasteiger partial charge in [0.25, 0.3) is 0 Å². The van der Waals surface area contributed by atoms with E-state index in [1.54, 1.807) is 6.07 Å². The summed E-state index contributed by atoms with van der Waals surface area (Å²) < 4.78 is 18.9. The predicted octanol–water partition coefficient (Wildman–Crippen LogP) is 3.55. The number of hydrogen-bond donors (Lipinski definition) is 1. The Labute approximate surface area is 193 Å². The summed E-state index contributed by atoms with van der Waals surface area (Å²) in [5, 5.41) is 2.57. The molecular weight excluding hydrogens is 429 g/mol. The van der Waals surface area contributed by atoms with Gasteiger partial charge < -0.3 is 15.0 Å². The molecule has 1 heterocycles. The van der Waals surface area contributed by atoms with E-state index in [-0.39, 0.29) is 34.4 Å². The number of ether oxygens (including phenoxy) is 1. The fraction of sp³-hybridized carbons (Fsp3) is 0.417. The molecule has 1 atom stereocenters. The molecule has 6 nitrogen and oxygen atoms in total. The highest BCUT2D eigenvalue weighted by Crippen LogP contribution is 2.20. The number of anilines is 1. The van der Waals surface area contributed by atoms with Crippen LogP contribution in [-0.4, -0.2) is 65.9 Å². The van der Waals surface area contributed by atoms with Crippen LogP contribution in [0.15, 0.2) is 42.5 Å². The number of benzene rings is 2. The Morgan fingerprint density at radius 1 is 1.12 bits per heavy atom. The first kappa shape index (κ1) is 24.1. The molecule has 8 heteroatoms. The third-order valence-corrected chi connectivity index (χ3v) is 6.58. The lowest BCUT2D eigenvalue weighted by Gasteiger charge is -2.36. The summed E-state index contributed by atoms with van der Waals surface area (Å²) in [7, 11) is 1.45. The number of hydrogen-bond acceptors (Lipinski definition) is 5. The van der Waals surface area contributed by atoms with Crippen molar-refractivity contribution in [3.63, 3.8) is 0 Å². The van der Waals surface area contributed by atoms with Crippen molar-refractivity contribution in [3.8, 4) is 5.75 Å². The molecule has 2 aromatic rings. The summed E-state index contributed by atoms with van der Waals surface area (Å²) in [4.78, 5) is 29.0. The molecule has 0 radical (unpaired) electrons. The SMILES string of the molecule is COc1ccc(CN2CCN(C(=O)C(C)SCC(=O)Nc3ccc(C)cc3)CC2)cc1F. The predicted molar refractivity (Wildman–Crippen MR) is 127 cm³/mol. The second-order valence-electron chi connectivity index (χ2n) is 7.94. The fourth-order valence-corrected chi connectivity index (χ4v) is 4.32. The maximum atomic E-state index is 13.9. The van der Waals surface area contributed by atoms with Crippen LogP contribution in [0.25, 0.3) is 0 Å². The minimum atomic E-state index is -0.365. The molecule has 2 amide bonds. The first-order chi connectivity index (χ1) is 15.4. The number of rotatable bonds is 8. The summed E-state index contributed by atoms with van der Waals surface area (Å²) in [6.07, 6.45) is 0. The number of thioether (sulfide) groups is 1. The molecule has 1 fully saturated rings. The van der Waals surface area contributed by atoms with Gasteiger partial charge in [-0.05, 0) is 43.7 Å². The van der Waals surface area contributed by atoms with Gasteiger partial charge in [-0.2, -0.15) is 0 Å². The van der Waals surface area contributed by atoms with Gasteiger partial charge in [0, 0.05) is 38.4 Å². The zero-order valence-corrected chi connectivity index (χ0v) is 19.6. The molecule has 0 bridgehead atoms. The molecule has 172 valence electrons. The number of piperazine rings is 1. The lowest BCUT2D eigenvalue weighted by Crippen LogP contribution is -2.50. The number of nitrogens with zero attached hydrogens (tertiary/aromatic N) is 2. The maximum absolute atomic E-state index is 13.9. The minimum absolute atomic E-state index is 0.0493. The molecule has 1 unspecified atom stereocenters. The second kappa shape index (κ2) is 11.3. The van der Waals surface area contributed by atoms with E-state index in [1.807, 2.05) is 49.1 Å². The van der Waals surface area contributed by atoms with Gasteiger partial charge in [-0.15, -0.1) is 11.8 Å². The minimum Gasteiger partial charge on any atom is -0.494 e. The van der Waals surface area contributed by atoms with Gasteiger partial charge in [0.15, 0.2) is 11.6 Å². The van der Waals surface area contributed by atoms with Crippen molar-refractivity contribution in [2.75, 3.05) is 44.4 Å². The second-order valence-corrected chi connectivity index (χ2v) is 9.27. The van der Waals surface area contributed by atoms with Crippen molar-refractivity contribution in [2.45, 2.75) is 25.6 Å². The normalized spacial score (nSPS) is 15.3. The van der Waals surface area contributed by atoms with E-state index in [9.17, 15) is 14.0 Å². The Morgan fingerprint density at radius 2 is 1.81 bits per heavy atom. The van der Waals surface area contributed by atoms with Gasteiger partial charge in [0.05, 0.1) is 18.1 Å². The van der Waals surface area contributed by atoms with Crippen molar-refractivity contribution in [1.82, 2.24) is 9.80 Å². The number of aryl methyl sites for hydroxylation is 1. The van der Waals surface area contributed by atoms with E-state index in [4.69, 9.17) is 4.74 Å². The zero-order valence-electron chi connectivity index (χ0n) is 18.8. The molecule has 3 rings (SSSR count). The molecule has 0 aromatic heterocycles. The largest absolute Gasteiger partial charge is 0.494 e. The van der Waals surface area contributed by atoms with Gasteiger partial charge >= 0.3 is 0 Å². The molecule has 1 N–H and O–H groups in total. The molecule has 0 saturated carbocycles.